The number of benzene rings is 1. The highest BCUT2D eigenvalue weighted by Gasteiger charge is 2.51. The molecule has 0 amide bonds. The summed E-state index contributed by atoms with van der Waals surface area (Å²) in [5, 5.41) is 0. The first-order chi connectivity index (χ1) is 10.7. The fourth-order valence-corrected chi connectivity index (χ4v) is 2.89. The Kier molecular flexibility index (Phi) is 4.03. The van der Waals surface area contributed by atoms with Crippen LogP contribution in [-0.2, 0) is 30.0 Å². The molecule has 1 saturated heterocycles. The van der Waals surface area contributed by atoms with Gasteiger partial charge in [-0.25, -0.2) is 4.79 Å². The quantitative estimate of drug-likeness (QED) is 0.614. The number of hydrogen-bond acceptors (Lipinski definition) is 5. The van der Waals surface area contributed by atoms with Crippen molar-refractivity contribution in [3.05, 3.63) is 29.3 Å². The SMILES string of the molecule is COC(=O)C1OCCc2ccc(B3OC(C)(C)C(C)(C)O3)cc21. The summed E-state index contributed by atoms with van der Waals surface area (Å²) in [4.78, 5) is 12.0. The lowest BCUT2D eigenvalue weighted by Gasteiger charge is -2.32. The molecule has 6 heteroatoms. The first-order valence-electron chi connectivity index (χ1n) is 7.93. The maximum Gasteiger partial charge on any atom is 0.494 e. The summed E-state index contributed by atoms with van der Waals surface area (Å²) < 4.78 is 22.6. The maximum atomic E-state index is 12.0. The van der Waals surface area contributed by atoms with Crippen LogP contribution in [0.15, 0.2) is 18.2 Å². The van der Waals surface area contributed by atoms with Crippen LogP contribution in [0.2, 0.25) is 0 Å². The summed E-state index contributed by atoms with van der Waals surface area (Å²) >= 11 is 0. The zero-order chi connectivity index (χ0) is 16.8. The van der Waals surface area contributed by atoms with Gasteiger partial charge in [-0.1, -0.05) is 18.2 Å². The standard InChI is InChI=1S/C17H23BO5/c1-16(2)17(3,4)23-18(22-16)12-7-6-11-8-9-21-14(13(11)10-12)15(19)20-5/h6-7,10,14H,8-9H2,1-5H3. The number of carbonyl (C=O) groups is 1. The molecular formula is C17H23BO5. The maximum absolute atomic E-state index is 12.0. The van der Waals surface area contributed by atoms with Gasteiger partial charge in [0.2, 0.25) is 0 Å². The van der Waals surface area contributed by atoms with Gasteiger partial charge in [-0.15, -0.1) is 0 Å². The minimum Gasteiger partial charge on any atom is -0.467 e. The molecule has 1 aromatic carbocycles. The minimum absolute atomic E-state index is 0.378. The molecule has 0 aliphatic carbocycles. The average Bonchev–Trinajstić information content (AvgIpc) is 2.73. The van der Waals surface area contributed by atoms with Gasteiger partial charge in [0.25, 0.3) is 0 Å². The summed E-state index contributed by atoms with van der Waals surface area (Å²) in [5.41, 5.74) is 2.04. The molecule has 0 N–H and O–H groups in total. The normalized spacial score (nSPS) is 25.1. The van der Waals surface area contributed by atoms with E-state index in [1.165, 1.54) is 7.11 Å². The topological polar surface area (TPSA) is 54.0 Å². The summed E-state index contributed by atoms with van der Waals surface area (Å²) in [7, 11) is 0.920. The van der Waals surface area contributed by atoms with Gasteiger partial charge in [-0.2, -0.15) is 0 Å². The molecule has 1 fully saturated rings. The van der Waals surface area contributed by atoms with E-state index in [1.807, 2.05) is 45.9 Å². The molecule has 2 aliphatic rings. The largest absolute Gasteiger partial charge is 0.494 e. The molecular weight excluding hydrogens is 295 g/mol. The molecule has 124 valence electrons. The molecule has 0 bridgehead atoms. The molecule has 0 aromatic heterocycles. The lowest BCUT2D eigenvalue weighted by atomic mass is 9.76. The van der Waals surface area contributed by atoms with Crippen molar-refractivity contribution in [3.8, 4) is 0 Å². The number of ether oxygens (including phenoxy) is 2. The zero-order valence-electron chi connectivity index (χ0n) is 14.3. The monoisotopic (exact) mass is 318 g/mol. The van der Waals surface area contributed by atoms with Crippen LogP contribution in [0.1, 0.15) is 44.9 Å². The van der Waals surface area contributed by atoms with E-state index in [-0.39, 0.29) is 5.97 Å². The van der Waals surface area contributed by atoms with E-state index in [1.54, 1.807) is 0 Å². The first kappa shape index (κ1) is 16.5. The van der Waals surface area contributed by atoms with Crippen LogP contribution in [0.5, 0.6) is 0 Å². The molecule has 2 heterocycles. The number of carbonyl (C=O) groups excluding carboxylic acids is 1. The second-order valence-corrected chi connectivity index (χ2v) is 7.07. The minimum atomic E-state index is -0.675. The Balaban J connectivity index is 1.93. The van der Waals surface area contributed by atoms with Crippen LogP contribution in [-0.4, -0.2) is 38.0 Å². The molecule has 1 atom stereocenters. The lowest BCUT2D eigenvalue weighted by Crippen LogP contribution is -2.41. The predicted molar refractivity (Wildman–Crippen MR) is 86.6 cm³/mol. The Morgan fingerprint density at radius 2 is 1.87 bits per heavy atom. The molecule has 0 saturated carbocycles. The van der Waals surface area contributed by atoms with Gasteiger partial charge in [-0.05, 0) is 50.7 Å². The zero-order valence-corrected chi connectivity index (χ0v) is 14.3. The number of fused-ring (bicyclic) bond motifs is 1. The van der Waals surface area contributed by atoms with E-state index in [2.05, 4.69) is 0 Å². The van der Waals surface area contributed by atoms with Gasteiger partial charge in [0.05, 0.1) is 24.9 Å². The van der Waals surface area contributed by atoms with Crippen LogP contribution in [0.4, 0.5) is 0 Å². The van der Waals surface area contributed by atoms with Crippen molar-refractivity contribution >= 4 is 18.6 Å². The molecule has 1 aromatic rings. The molecule has 1 unspecified atom stereocenters. The van der Waals surface area contributed by atoms with Crippen LogP contribution in [0, 0.1) is 0 Å². The van der Waals surface area contributed by atoms with E-state index >= 15 is 0 Å². The van der Waals surface area contributed by atoms with Crippen LogP contribution >= 0.6 is 0 Å². The number of methoxy groups -OCH3 is 1. The van der Waals surface area contributed by atoms with Gasteiger partial charge in [0, 0.05) is 0 Å². The van der Waals surface area contributed by atoms with E-state index < -0.39 is 24.4 Å². The molecule has 3 rings (SSSR count). The van der Waals surface area contributed by atoms with Crippen molar-refractivity contribution in [1.82, 2.24) is 0 Å². The average molecular weight is 318 g/mol. The molecule has 23 heavy (non-hydrogen) atoms. The third kappa shape index (κ3) is 2.79. The number of esters is 1. The van der Waals surface area contributed by atoms with Gasteiger partial charge >= 0.3 is 13.1 Å². The Labute approximate surface area is 137 Å². The summed E-state index contributed by atoms with van der Waals surface area (Å²) in [6.45, 7) is 8.59. The van der Waals surface area contributed by atoms with E-state index in [0.717, 1.165) is 23.0 Å². The smallest absolute Gasteiger partial charge is 0.467 e. The van der Waals surface area contributed by atoms with Crippen LogP contribution in [0.3, 0.4) is 0 Å². The van der Waals surface area contributed by atoms with Gasteiger partial charge in [0.1, 0.15) is 0 Å². The molecule has 2 aliphatic heterocycles. The highest BCUT2D eigenvalue weighted by Crippen LogP contribution is 2.37. The third-order valence-electron chi connectivity index (χ3n) is 5.05. The molecule has 0 spiro atoms. The fraction of sp³-hybridized carbons (Fsp3) is 0.588. The highest BCUT2D eigenvalue weighted by molar-refractivity contribution is 6.62. The first-order valence-corrected chi connectivity index (χ1v) is 7.93. The Morgan fingerprint density at radius 1 is 1.22 bits per heavy atom. The van der Waals surface area contributed by atoms with Crippen LogP contribution < -0.4 is 5.46 Å². The van der Waals surface area contributed by atoms with Gasteiger partial charge in [0.15, 0.2) is 6.10 Å². The second-order valence-electron chi connectivity index (χ2n) is 7.07. The van der Waals surface area contributed by atoms with Crippen molar-refractivity contribution in [2.75, 3.05) is 13.7 Å². The molecule has 5 nitrogen and oxygen atoms in total. The number of hydrogen-bond donors (Lipinski definition) is 0. The van der Waals surface area contributed by atoms with Crippen molar-refractivity contribution in [2.45, 2.75) is 51.4 Å². The Bertz CT molecular complexity index is 609. The highest BCUT2D eigenvalue weighted by atomic mass is 16.7. The van der Waals surface area contributed by atoms with E-state index in [4.69, 9.17) is 18.8 Å². The molecule has 0 radical (unpaired) electrons. The summed E-state index contributed by atoms with van der Waals surface area (Å²) in [5.74, 6) is -0.378. The Hall–Kier alpha value is -1.37. The van der Waals surface area contributed by atoms with E-state index in [0.29, 0.717) is 6.61 Å². The van der Waals surface area contributed by atoms with Crippen LogP contribution in [0.25, 0.3) is 0 Å². The van der Waals surface area contributed by atoms with Crippen molar-refractivity contribution in [3.63, 3.8) is 0 Å². The third-order valence-corrected chi connectivity index (χ3v) is 5.05. The van der Waals surface area contributed by atoms with E-state index in [9.17, 15) is 4.79 Å². The lowest BCUT2D eigenvalue weighted by molar-refractivity contribution is -0.155. The van der Waals surface area contributed by atoms with Crippen molar-refractivity contribution < 1.29 is 23.6 Å². The summed E-state index contributed by atoms with van der Waals surface area (Å²) in [6.07, 6.45) is 0.109. The van der Waals surface area contributed by atoms with Crippen molar-refractivity contribution in [1.29, 1.82) is 0 Å². The van der Waals surface area contributed by atoms with Crippen molar-refractivity contribution in [2.24, 2.45) is 0 Å². The van der Waals surface area contributed by atoms with Gasteiger partial charge in [-0.3, -0.25) is 0 Å². The summed E-state index contributed by atoms with van der Waals surface area (Å²) in [6, 6.07) is 5.97. The van der Waals surface area contributed by atoms with Gasteiger partial charge < -0.3 is 18.8 Å². The predicted octanol–water partition coefficient (Wildman–Crippen LogP) is 1.77. The second kappa shape index (κ2) is 5.62. The fourth-order valence-electron chi connectivity index (χ4n) is 2.89. The Morgan fingerprint density at radius 3 is 2.48 bits per heavy atom. The number of rotatable bonds is 2.